The fraction of sp³-hybridized carbons (Fsp3) is 0.273. The highest BCUT2D eigenvalue weighted by Gasteiger charge is 2.31. The van der Waals surface area contributed by atoms with E-state index in [-0.39, 0.29) is 23.9 Å². The van der Waals surface area contributed by atoms with Gasteiger partial charge in [0.25, 0.3) is 5.91 Å². The fourth-order valence-electron chi connectivity index (χ4n) is 3.42. The molecule has 1 aliphatic rings. The lowest BCUT2D eigenvalue weighted by Crippen LogP contribution is -2.45. The number of carbonyl (C=O) groups excluding carboxylic acids is 1. The number of benzene rings is 2. The Labute approximate surface area is 167 Å². The van der Waals surface area contributed by atoms with Crippen molar-refractivity contribution in [3.63, 3.8) is 0 Å². The molecule has 0 radical (unpaired) electrons. The van der Waals surface area contributed by atoms with Crippen LogP contribution >= 0.6 is 11.3 Å². The average molecular weight is 396 g/mol. The Kier molecular flexibility index (Phi) is 5.24. The van der Waals surface area contributed by atoms with Gasteiger partial charge < -0.3 is 9.64 Å². The Hall–Kier alpha value is -2.57. The van der Waals surface area contributed by atoms with E-state index in [4.69, 9.17) is 4.74 Å². The van der Waals surface area contributed by atoms with Gasteiger partial charge in [-0.1, -0.05) is 30.3 Å². The maximum absolute atomic E-state index is 13.2. The summed E-state index contributed by atoms with van der Waals surface area (Å²) >= 11 is 1.35. The van der Waals surface area contributed by atoms with Crippen LogP contribution in [0.15, 0.2) is 54.6 Å². The van der Waals surface area contributed by atoms with Crippen LogP contribution in [0.1, 0.15) is 34.0 Å². The van der Waals surface area contributed by atoms with E-state index in [1.54, 1.807) is 12.1 Å². The SMILES string of the molecule is Cc1nc(-c2ccc(F)cc2)sc1C(=O)N1CC(C)OC(c2ccccc2)C1. The van der Waals surface area contributed by atoms with Crippen molar-refractivity contribution >= 4 is 17.2 Å². The van der Waals surface area contributed by atoms with Crippen LogP contribution in [0.5, 0.6) is 0 Å². The molecule has 2 unspecified atom stereocenters. The van der Waals surface area contributed by atoms with Crippen LogP contribution in [-0.4, -0.2) is 35.0 Å². The molecule has 6 heteroatoms. The summed E-state index contributed by atoms with van der Waals surface area (Å²) in [7, 11) is 0. The van der Waals surface area contributed by atoms with E-state index >= 15 is 0 Å². The number of morpholine rings is 1. The van der Waals surface area contributed by atoms with Crippen LogP contribution < -0.4 is 0 Å². The summed E-state index contributed by atoms with van der Waals surface area (Å²) in [5.41, 5.74) is 2.58. The summed E-state index contributed by atoms with van der Waals surface area (Å²) in [4.78, 5) is 20.2. The number of hydrogen-bond acceptors (Lipinski definition) is 4. The molecule has 1 aromatic heterocycles. The van der Waals surface area contributed by atoms with Gasteiger partial charge >= 0.3 is 0 Å². The number of hydrogen-bond donors (Lipinski definition) is 0. The number of amides is 1. The highest BCUT2D eigenvalue weighted by Crippen LogP contribution is 2.31. The molecular formula is C22H21FN2O2S. The van der Waals surface area contributed by atoms with Crippen molar-refractivity contribution in [2.45, 2.75) is 26.1 Å². The van der Waals surface area contributed by atoms with Crippen LogP contribution in [0.25, 0.3) is 10.6 Å². The molecule has 2 heterocycles. The van der Waals surface area contributed by atoms with E-state index in [1.165, 1.54) is 23.5 Å². The minimum Gasteiger partial charge on any atom is -0.367 e. The van der Waals surface area contributed by atoms with Gasteiger partial charge in [0.1, 0.15) is 21.8 Å². The lowest BCUT2D eigenvalue weighted by atomic mass is 10.1. The highest BCUT2D eigenvalue weighted by atomic mass is 32.1. The molecule has 4 nitrogen and oxygen atoms in total. The first kappa shape index (κ1) is 18.8. The van der Waals surface area contributed by atoms with Crippen LogP contribution in [0.3, 0.4) is 0 Å². The molecule has 4 rings (SSSR count). The van der Waals surface area contributed by atoms with Gasteiger partial charge in [-0.15, -0.1) is 11.3 Å². The van der Waals surface area contributed by atoms with Crippen LogP contribution in [-0.2, 0) is 4.74 Å². The van der Waals surface area contributed by atoms with E-state index in [1.807, 2.05) is 49.1 Å². The van der Waals surface area contributed by atoms with Crippen molar-refractivity contribution in [3.8, 4) is 10.6 Å². The van der Waals surface area contributed by atoms with Gasteiger partial charge in [0.2, 0.25) is 0 Å². The Balaban J connectivity index is 1.57. The summed E-state index contributed by atoms with van der Waals surface area (Å²) in [5.74, 6) is -0.318. The second-order valence-corrected chi connectivity index (χ2v) is 8.00. The summed E-state index contributed by atoms with van der Waals surface area (Å²) in [6, 6.07) is 16.2. The zero-order valence-electron chi connectivity index (χ0n) is 15.8. The predicted octanol–water partition coefficient (Wildman–Crippen LogP) is 4.86. The molecular weight excluding hydrogens is 375 g/mol. The third-order valence-electron chi connectivity index (χ3n) is 4.80. The number of nitrogens with zero attached hydrogens (tertiary/aromatic N) is 2. The maximum Gasteiger partial charge on any atom is 0.266 e. The van der Waals surface area contributed by atoms with Crippen LogP contribution in [0.4, 0.5) is 4.39 Å². The second kappa shape index (κ2) is 7.81. The molecule has 0 spiro atoms. The Bertz CT molecular complexity index is 972. The van der Waals surface area contributed by atoms with Gasteiger partial charge in [0.15, 0.2) is 0 Å². The third-order valence-corrected chi connectivity index (χ3v) is 6.00. The standard InChI is InChI=1S/C22H21FN2O2S/c1-14-12-25(13-19(27-14)16-6-4-3-5-7-16)22(26)20-15(2)24-21(28-20)17-8-10-18(23)11-9-17/h3-11,14,19H,12-13H2,1-2H3. The summed E-state index contributed by atoms with van der Waals surface area (Å²) < 4.78 is 19.2. The number of carbonyl (C=O) groups is 1. The molecule has 3 aromatic rings. The van der Waals surface area contributed by atoms with Gasteiger partial charge in [-0.05, 0) is 43.7 Å². The number of thiazole rings is 1. The van der Waals surface area contributed by atoms with E-state index < -0.39 is 0 Å². The molecule has 0 bridgehead atoms. The molecule has 2 atom stereocenters. The quantitative estimate of drug-likeness (QED) is 0.635. The molecule has 1 fully saturated rings. The van der Waals surface area contributed by atoms with Crippen molar-refractivity contribution in [1.29, 1.82) is 0 Å². The largest absolute Gasteiger partial charge is 0.367 e. The van der Waals surface area contributed by atoms with Gasteiger partial charge in [-0.3, -0.25) is 4.79 Å². The lowest BCUT2D eigenvalue weighted by Gasteiger charge is -2.37. The normalized spacial score (nSPS) is 19.6. The topological polar surface area (TPSA) is 42.4 Å². The fourth-order valence-corrected chi connectivity index (χ4v) is 4.46. The predicted molar refractivity (Wildman–Crippen MR) is 108 cm³/mol. The zero-order valence-corrected chi connectivity index (χ0v) is 16.6. The molecule has 0 aliphatic carbocycles. The minimum atomic E-state index is -0.289. The molecule has 1 amide bonds. The number of halogens is 1. The summed E-state index contributed by atoms with van der Waals surface area (Å²) in [6.45, 7) is 4.88. The van der Waals surface area contributed by atoms with Crippen molar-refractivity contribution in [2.75, 3.05) is 13.1 Å². The number of aromatic nitrogens is 1. The Morgan fingerprint density at radius 2 is 1.86 bits per heavy atom. The number of rotatable bonds is 3. The molecule has 2 aromatic carbocycles. The first-order valence-electron chi connectivity index (χ1n) is 9.24. The highest BCUT2D eigenvalue weighted by molar-refractivity contribution is 7.17. The van der Waals surface area contributed by atoms with Crippen molar-refractivity contribution < 1.29 is 13.9 Å². The van der Waals surface area contributed by atoms with Crippen LogP contribution in [0, 0.1) is 12.7 Å². The van der Waals surface area contributed by atoms with Gasteiger partial charge in [-0.2, -0.15) is 0 Å². The van der Waals surface area contributed by atoms with E-state index in [9.17, 15) is 9.18 Å². The lowest BCUT2D eigenvalue weighted by molar-refractivity contribution is -0.0690. The number of ether oxygens (including phenoxy) is 1. The molecule has 28 heavy (non-hydrogen) atoms. The second-order valence-electron chi connectivity index (χ2n) is 7.00. The smallest absolute Gasteiger partial charge is 0.266 e. The first-order chi connectivity index (χ1) is 13.5. The van der Waals surface area contributed by atoms with E-state index in [0.29, 0.717) is 23.7 Å². The summed E-state index contributed by atoms with van der Waals surface area (Å²) in [6.07, 6.45) is -0.189. The van der Waals surface area contributed by atoms with Gasteiger partial charge in [-0.25, -0.2) is 9.37 Å². The van der Waals surface area contributed by atoms with E-state index in [2.05, 4.69) is 4.98 Å². The first-order valence-corrected chi connectivity index (χ1v) is 10.1. The minimum absolute atomic E-state index is 0.0283. The number of aryl methyl sites for hydroxylation is 1. The molecule has 1 aliphatic heterocycles. The zero-order chi connectivity index (χ0) is 19.7. The maximum atomic E-state index is 13.2. The van der Waals surface area contributed by atoms with Gasteiger partial charge in [0, 0.05) is 12.1 Å². The molecule has 0 N–H and O–H groups in total. The Morgan fingerprint density at radius 3 is 2.57 bits per heavy atom. The van der Waals surface area contributed by atoms with Crippen molar-refractivity contribution in [1.82, 2.24) is 9.88 Å². The Morgan fingerprint density at radius 1 is 1.14 bits per heavy atom. The van der Waals surface area contributed by atoms with Crippen LogP contribution in [0.2, 0.25) is 0 Å². The average Bonchev–Trinajstić information content (AvgIpc) is 3.09. The molecule has 0 saturated carbocycles. The third kappa shape index (κ3) is 3.84. The monoisotopic (exact) mass is 396 g/mol. The van der Waals surface area contributed by atoms with Crippen molar-refractivity contribution in [3.05, 3.63) is 76.5 Å². The van der Waals surface area contributed by atoms with Crippen molar-refractivity contribution in [2.24, 2.45) is 0 Å². The van der Waals surface area contributed by atoms with E-state index in [0.717, 1.165) is 16.1 Å². The van der Waals surface area contributed by atoms with Gasteiger partial charge in [0.05, 0.1) is 18.3 Å². The molecule has 144 valence electrons. The summed E-state index contributed by atoms with van der Waals surface area (Å²) in [5, 5.41) is 0.724. The molecule has 1 saturated heterocycles.